The van der Waals surface area contributed by atoms with E-state index in [1.807, 2.05) is 0 Å². The van der Waals surface area contributed by atoms with E-state index >= 15 is 0 Å². The van der Waals surface area contributed by atoms with Gasteiger partial charge < -0.3 is 5.32 Å². The van der Waals surface area contributed by atoms with Crippen molar-refractivity contribution >= 4 is 22.2 Å². The summed E-state index contributed by atoms with van der Waals surface area (Å²) in [5.41, 5.74) is 1.71. The average Bonchev–Trinajstić information content (AvgIpc) is 3.05. The summed E-state index contributed by atoms with van der Waals surface area (Å²) in [4.78, 5) is 16.9. The quantitative estimate of drug-likeness (QED) is 0.873. The van der Waals surface area contributed by atoms with Gasteiger partial charge in [-0.3, -0.25) is 9.89 Å². The SMILES string of the molecule is N#Cc1c(NC(=O)c2ncn[nH]2)sc2c1CCCC2. The molecule has 2 aromatic heterocycles. The van der Waals surface area contributed by atoms with Crippen LogP contribution in [0, 0.1) is 11.3 Å². The predicted octanol–water partition coefficient (Wildman–Crippen LogP) is 1.87. The molecule has 0 saturated heterocycles. The zero-order valence-electron chi connectivity index (χ0n) is 10.1. The Bertz CT molecular complexity index is 652. The molecule has 1 amide bonds. The summed E-state index contributed by atoms with van der Waals surface area (Å²) in [7, 11) is 0. The monoisotopic (exact) mass is 273 g/mol. The number of nitrogens with one attached hydrogen (secondary N) is 2. The van der Waals surface area contributed by atoms with Gasteiger partial charge >= 0.3 is 0 Å². The molecule has 0 atom stereocenters. The second-order valence-electron chi connectivity index (χ2n) is 4.32. The molecule has 96 valence electrons. The van der Waals surface area contributed by atoms with E-state index in [4.69, 9.17) is 0 Å². The smallest absolute Gasteiger partial charge is 0.293 e. The van der Waals surface area contributed by atoms with Gasteiger partial charge in [-0.1, -0.05) is 0 Å². The Morgan fingerprint density at radius 1 is 1.47 bits per heavy atom. The first kappa shape index (κ1) is 11.9. The van der Waals surface area contributed by atoms with Crippen molar-refractivity contribution in [3.05, 3.63) is 28.2 Å². The normalized spacial score (nSPS) is 13.6. The molecule has 2 N–H and O–H groups in total. The summed E-state index contributed by atoms with van der Waals surface area (Å²) >= 11 is 1.50. The highest BCUT2D eigenvalue weighted by Gasteiger charge is 2.22. The van der Waals surface area contributed by atoms with Crippen molar-refractivity contribution in [2.45, 2.75) is 25.7 Å². The van der Waals surface area contributed by atoms with Crippen molar-refractivity contribution in [2.75, 3.05) is 5.32 Å². The standard InChI is InChI=1S/C12H11N5OS/c13-5-8-7-3-1-2-4-9(7)19-12(8)16-11(18)10-14-6-15-17-10/h6H,1-4H2,(H,16,18)(H,14,15,17). The number of fused-ring (bicyclic) bond motifs is 1. The number of rotatable bonds is 2. The van der Waals surface area contributed by atoms with E-state index in [0.29, 0.717) is 10.6 Å². The molecule has 0 unspecified atom stereocenters. The van der Waals surface area contributed by atoms with Gasteiger partial charge in [-0.2, -0.15) is 10.4 Å². The highest BCUT2D eigenvalue weighted by atomic mass is 32.1. The number of amides is 1. The molecule has 0 saturated carbocycles. The van der Waals surface area contributed by atoms with Crippen LogP contribution in [0.2, 0.25) is 0 Å². The van der Waals surface area contributed by atoms with Crippen LogP contribution in [-0.4, -0.2) is 21.1 Å². The number of carbonyl (C=O) groups excluding carboxylic acids is 1. The van der Waals surface area contributed by atoms with E-state index in [-0.39, 0.29) is 11.7 Å². The van der Waals surface area contributed by atoms with Crippen LogP contribution in [0.1, 0.15) is 39.5 Å². The Balaban J connectivity index is 1.91. The van der Waals surface area contributed by atoms with E-state index in [9.17, 15) is 10.1 Å². The summed E-state index contributed by atoms with van der Waals surface area (Å²) in [5, 5.41) is 18.8. The minimum atomic E-state index is -0.368. The van der Waals surface area contributed by atoms with Gasteiger partial charge in [-0.05, 0) is 31.2 Å². The van der Waals surface area contributed by atoms with Gasteiger partial charge in [0.05, 0.1) is 5.56 Å². The molecular formula is C12H11N5OS. The molecule has 1 aliphatic rings. The lowest BCUT2D eigenvalue weighted by Gasteiger charge is -2.09. The van der Waals surface area contributed by atoms with Crippen LogP contribution in [0.4, 0.5) is 5.00 Å². The maximum atomic E-state index is 11.9. The maximum Gasteiger partial charge on any atom is 0.293 e. The highest BCUT2D eigenvalue weighted by molar-refractivity contribution is 7.16. The molecule has 19 heavy (non-hydrogen) atoms. The molecule has 1 aliphatic carbocycles. The molecule has 0 aromatic carbocycles. The fraction of sp³-hybridized carbons (Fsp3) is 0.333. The van der Waals surface area contributed by atoms with Crippen LogP contribution in [-0.2, 0) is 12.8 Å². The molecule has 0 aliphatic heterocycles. The number of aromatic nitrogens is 3. The molecule has 2 aromatic rings. The third-order valence-electron chi connectivity index (χ3n) is 3.14. The first-order valence-corrected chi connectivity index (χ1v) is 6.82. The van der Waals surface area contributed by atoms with Gasteiger partial charge in [0.1, 0.15) is 17.4 Å². The van der Waals surface area contributed by atoms with Crippen molar-refractivity contribution in [2.24, 2.45) is 0 Å². The molecule has 6 nitrogen and oxygen atoms in total. The van der Waals surface area contributed by atoms with E-state index < -0.39 is 0 Å². The second-order valence-corrected chi connectivity index (χ2v) is 5.42. The van der Waals surface area contributed by atoms with Crippen LogP contribution in [0.25, 0.3) is 0 Å². The van der Waals surface area contributed by atoms with E-state index in [2.05, 4.69) is 26.6 Å². The summed E-state index contributed by atoms with van der Waals surface area (Å²) in [5.74, 6) is -0.220. The number of H-pyrrole nitrogens is 1. The number of aryl methyl sites for hydroxylation is 1. The molecule has 3 rings (SSSR count). The van der Waals surface area contributed by atoms with Crippen LogP contribution in [0.5, 0.6) is 0 Å². The number of hydrogen-bond donors (Lipinski definition) is 2. The fourth-order valence-electron chi connectivity index (χ4n) is 2.25. The Labute approximate surface area is 113 Å². The van der Waals surface area contributed by atoms with Crippen molar-refractivity contribution in [3.8, 4) is 6.07 Å². The van der Waals surface area contributed by atoms with Gasteiger partial charge in [-0.15, -0.1) is 11.3 Å². The summed E-state index contributed by atoms with van der Waals surface area (Å²) in [6.07, 6.45) is 5.45. The van der Waals surface area contributed by atoms with Crippen LogP contribution < -0.4 is 5.32 Å². The average molecular weight is 273 g/mol. The highest BCUT2D eigenvalue weighted by Crippen LogP contribution is 2.37. The zero-order chi connectivity index (χ0) is 13.2. The van der Waals surface area contributed by atoms with Gasteiger partial charge in [0.15, 0.2) is 0 Å². The van der Waals surface area contributed by atoms with Crippen LogP contribution in [0.3, 0.4) is 0 Å². The van der Waals surface area contributed by atoms with Gasteiger partial charge in [0, 0.05) is 4.88 Å². The number of nitrogens with zero attached hydrogens (tertiary/aromatic N) is 3. The van der Waals surface area contributed by atoms with Crippen molar-refractivity contribution < 1.29 is 4.79 Å². The fourth-order valence-corrected chi connectivity index (χ4v) is 3.48. The number of carbonyl (C=O) groups is 1. The first-order chi connectivity index (χ1) is 9.29. The lowest BCUT2D eigenvalue weighted by atomic mass is 9.96. The molecule has 7 heteroatoms. The summed E-state index contributed by atoms with van der Waals surface area (Å²) in [6, 6.07) is 2.20. The Morgan fingerprint density at radius 2 is 2.32 bits per heavy atom. The topological polar surface area (TPSA) is 94.5 Å². The Kier molecular flexibility index (Phi) is 3.01. The van der Waals surface area contributed by atoms with E-state index in [0.717, 1.165) is 31.2 Å². The summed E-state index contributed by atoms with van der Waals surface area (Å²) in [6.45, 7) is 0. The van der Waals surface area contributed by atoms with Crippen molar-refractivity contribution in [1.82, 2.24) is 15.2 Å². The first-order valence-electron chi connectivity index (χ1n) is 6.01. The Morgan fingerprint density at radius 3 is 3.05 bits per heavy atom. The van der Waals surface area contributed by atoms with Crippen LogP contribution >= 0.6 is 11.3 Å². The van der Waals surface area contributed by atoms with Gasteiger partial charge in [0.2, 0.25) is 5.82 Å². The lowest BCUT2D eigenvalue weighted by Crippen LogP contribution is -2.13. The van der Waals surface area contributed by atoms with E-state index in [1.165, 1.54) is 22.5 Å². The van der Waals surface area contributed by atoms with Gasteiger partial charge in [-0.25, -0.2) is 4.98 Å². The minimum absolute atomic E-state index is 0.148. The Hall–Kier alpha value is -2.20. The zero-order valence-corrected chi connectivity index (χ0v) is 10.9. The number of thiophene rings is 1. The minimum Gasteiger partial charge on any atom is -0.310 e. The molecule has 0 radical (unpaired) electrons. The third kappa shape index (κ3) is 2.11. The number of aromatic amines is 1. The molecule has 0 fully saturated rings. The molecule has 0 spiro atoms. The molecule has 2 heterocycles. The third-order valence-corrected chi connectivity index (χ3v) is 4.35. The number of anilines is 1. The van der Waals surface area contributed by atoms with Crippen LogP contribution in [0.15, 0.2) is 6.33 Å². The van der Waals surface area contributed by atoms with Crippen molar-refractivity contribution in [3.63, 3.8) is 0 Å². The maximum absolute atomic E-state index is 11.9. The van der Waals surface area contributed by atoms with Gasteiger partial charge in [0.25, 0.3) is 5.91 Å². The number of nitriles is 1. The molecule has 0 bridgehead atoms. The summed E-state index contributed by atoms with van der Waals surface area (Å²) < 4.78 is 0. The van der Waals surface area contributed by atoms with E-state index in [1.54, 1.807) is 0 Å². The van der Waals surface area contributed by atoms with Crippen molar-refractivity contribution in [1.29, 1.82) is 5.26 Å². The number of hydrogen-bond acceptors (Lipinski definition) is 5. The second kappa shape index (κ2) is 4.82. The largest absolute Gasteiger partial charge is 0.310 e. The lowest BCUT2D eigenvalue weighted by molar-refractivity contribution is 0.101. The predicted molar refractivity (Wildman–Crippen MR) is 70.0 cm³/mol. The molecular weight excluding hydrogens is 262 g/mol.